The lowest BCUT2D eigenvalue weighted by atomic mass is 10.1. The van der Waals surface area contributed by atoms with Gasteiger partial charge in [0.05, 0.1) is 5.92 Å². The minimum atomic E-state index is -0.822. The zero-order valence-electron chi connectivity index (χ0n) is 6.78. The second-order valence-corrected chi connectivity index (χ2v) is 3.14. The highest BCUT2D eigenvalue weighted by Gasteiger charge is 2.27. The fourth-order valence-electron chi connectivity index (χ4n) is 1.57. The molecule has 0 saturated carbocycles. The molecule has 0 aromatic carbocycles. The highest BCUT2D eigenvalue weighted by atomic mass is 16.4. The summed E-state index contributed by atoms with van der Waals surface area (Å²) in [7, 11) is 0. The average Bonchev–Trinajstić information content (AvgIpc) is 2.46. The number of rotatable bonds is 1. The summed E-state index contributed by atoms with van der Waals surface area (Å²) in [5.74, 6) is -1.23. The Kier molecular flexibility index (Phi) is 1.65. The Bertz CT molecular complexity index is 410. The van der Waals surface area contributed by atoms with E-state index in [9.17, 15) is 9.59 Å². The van der Waals surface area contributed by atoms with Crippen LogP contribution >= 0.6 is 0 Å². The van der Waals surface area contributed by atoms with Crippen LogP contribution in [-0.2, 0) is 17.6 Å². The Morgan fingerprint density at radius 1 is 1.62 bits per heavy atom. The maximum atomic E-state index is 10.8. The third-order valence-electron chi connectivity index (χ3n) is 2.25. The van der Waals surface area contributed by atoms with E-state index >= 15 is 0 Å². The molecule has 68 valence electrons. The number of nitrogens with one attached hydrogen (secondary N) is 1. The minimum Gasteiger partial charge on any atom is -0.481 e. The second kappa shape index (κ2) is 2.69. The van der Waals surface area contributed by atoms with E-state index in [1.54, 1.807) is 0 Å². The van der Waals surface area contributed by atoms with Crippen LogP contribution in [0.2, 0.25) is 0 Å². The molecule has 1 aliphatic rings. The molecule has 0 radical (unpaired) electrons. The van der Waals surface area contributed by atoms with Crippen molar-refractivity contribution in [2.45, 2.75) is 12.8 Å². The monoisotopic (exact) mass is 180 g/mol. The van der Waals surface area contributed by atoms with Gasteiger partial charge in [-0.25, -0.2) is 9.78 Å². The summed E-state index contributed by atoms with van der Waals surface area (Å²) in [4.78, 5) is 27.5. The van der Waals surface area contributed by atoms with Gasteiger partial charge in [-0.3, -0.25) is 4.79 Å². The number of carboxylic acid groups (broad SMARTS) is 1. The lowest BCUT2D eigenvalue weighted by Gasteiger charge is -1.98. The van der Waals surface area contributed by atoms with Gasteiger partial charge in [-0.2, -0.15) is 0 Å². The van der Waals surface area contributed by atoms with Crippen molar-refractivity contribution in [3.8, 4) is 0 Å². The normalized spacial score (nSPS) is 19.8. The van der Waals surface area contributed by atoms with Crippen molar-refractivity contribution in [2.24, 2.45) is 5.92 Å². The van der Waals surface area contributed by atoms with Crippen molar-refractivity contribution in [1.82, 2.24) is 9.97 Å². The first kappa shape index (κ1) is 7.97. The maximum Gasteiger partial charge on any atom is 0.345 e. The van der Waals surface area contributed by atoms with Gasteiger partial charge < -0.3 is 10.1 Å². The van der Waals surface area contributed by atoms with Crippen LogP contribution in [0, 0.1) is 5.92 Å². The third kappa shape index (κ3) is 1.32. The molecule has 2 N–H and O–H groups in total. The molecule has 1 aliphatic carbocycles. The number of aromatic amines is 1. The van der Waals surface area contributed by atoms with E-state index in [4.69, 9.17) is 5.11 Å². The molecule has 0 fully saturated rings. The highest BCUT2D eigenvalue weighted by Crippen LogP contribution is 2.23. The first-order chi connectivity index (χ1) is 6.16. The molecule has 0 saturated heterocycles. The van der Waals surface area contributed by atoms with Crippen LogP contribution in [0.3, 0.4) is 0 Å². The van der Waals surface area contributed by atoms with Crippen LogP contribution in [-0.4, -0.2) is 21.0 Å². The number of carbonyl (C=O) groups is 1. The summed E-state index contributed by atoms with van der Waals surface area (Å²) < 4.78 is 0. The Hall–Kier alpha value is -1.65. The number of H-pyrrole nitrogens is 1. The van der Waals surface area contributed by atoms with Crippen LogP contribution in [0.1, 0.15) is 11.3 Å². The highest BCUT2D eigenvalue weighted by molar-refractivity contribution is 5.71. The van der Waals surface area contributed by atoms with E-state index in [0.29, 0.717) is 18.5 Å². The predicted octanol–water partition coefficient (Wildman–Crippen LogP) is -0.431. The number of carboxylic acids is 1. The van der Waals surface area contributed by atoms with Crippen molar-refractivity contribution in [1.29, 1.82) is 0 Å². The molecule has 0 bridgehead atoms. The Morgan fingerprint density at radius 2 is 2.38 bits per heavy atom. The van der Waals surface area contributed by atoms with Gasteiger partial charge in [0, 0.05) is 18.3 Å². The lowest BCUT2D eigenvalue weighted by molar-refractivity contribution is -0.141. The Morgan fingerprint density at radius 3 is 3.08 bits per heavy atom. The van der Waals surface area contributed by atoms with Crippen molar-refractivity contribution in [3.63, 3.8) is 0 Å². The molecule has 0 amide bonds. The van der Waals surface area contributed by atoms with Crippen LogP contribution in [0.25, 0.3) is 0 Å². The van der Waals surface area contributed by atoms with E-state index in [2.05, 4.69) is 9.97 Å². The van der Waals surface area contributed by atoms with E-state index in [1.807, 2.05) is 0 Å². The summed E-state index contributed by atoms with van der Waals surface area (Å²) in [6.45, 7) is 0. The first-order valence-corrected chi connectivity index (χ1v) is 3.96. The molecule has 1 atom stereocenters. The second-order valence-electron chi connectivity index (χ2n) is 3.14. The molecule has 13 heavy (non-hydrogen) atoms. The molecular formula is C8H8N2O3. The van der Waals surface area contributed by atoms with Gasteiger partial charge in [0.25, 0.3) is 0 Å². The topological polar surface area (TPSA) is 83.0 Å². The van der Waals surface area contributed by atoms with Crippen molar-refractivity contribution in [2.75, 3.05) is 0 Å². The standard InChI is InChI=1S/C8H8N2O3/c11-7(12)4-1-5-3-9-8(13)10-6(5)2-4/h3-4H,1-2H2,(H,11,12)(H,9,10,13). The minimum absolute atomic E-state index is 0.405. The fourth-order valence-corrected chi connectivity index (χ4v) is 1.57. The molecule has 0 aliphatic heterocycles. The lowest BCUT2D eigenvalue weighted by Crippen LogP contribution is -2.14. The Balaban J connectivity index is 2.35. The number of hydrogen-bond acceptors (Lipinski definition) is 3. The van der Waals surface area contributed by atoms with Crippen molar-refractivity contribution < 1.29 is 9.90 Å². The number of nitrogens with zero attached hydrogens (tertiary/aromatic N) is 1. The van der Waals surface area contributed by atoms with Gasteiger partial charge in [-0.05, 0) is 12.0 Å². The van der Waals surface area contributed by atoms with Gasteiger partial charge in [-0.1, -0.05) is 0 Å². The number of fused-ring (bicyclic) bond motifs is 1. The summed E-state index contributed by atoms with van der Waals surface area (Å²) in [5, 5.41) is 8.74. The average molecular weight is 180 g/mol. The quantitative estimate of drug-likeness (QED) is 0.614. The molecule has 1 heterocycles. The molecule has 1 aromatic rings. The largest absolute Gasteiger partial charge is 0.481 e. The molecule has 1 aromatic heterocycles. The predicted molar refractivity (Wildman–Crippen MR) is 43.4 cm³/mol. The third-order valence-corrected chi connectivity index (χ3v) is 2.25. The van der Waals surface area contributed by atoms with Gasteiger partial charge in [-0.15, -0.1) is 0 Å². The van der Waals surface area contributed by atoms with Gasteiger partial charge in [0.1, 0.15) is 0 Å². The summed E-state index contributed by atoms with van der Waals surface area (Å²) in [6.07, 6.45) is 2.33. The van der Waals surface area contributed by atoms with Gasteiger partial charge in [0.2, 0.25) is 0 Å². The molecule has 5 heteroatoms. The molecule has 2 rings (SSSR count). The van der Waals surface area contributed by atoms with Gasteiger partial charge in [0.15, 0.2) is 0 Å². The van der Waals surface area contributed by atoms with E-state index < -0.39 is 17.6 Å². The zero-order valence-corrected chi connectivity index (χ0v) is 6.78. The van der Waals surface area contributed by atoms with E-state index in [0.717, 1.165) is 5.56 Å². The first-order valence-electron chi connectivity index (χ1n) is 3.96. The fraction of sp³-hybridized carbons (Fsp3) is 0.375. The summed E-state index contributed by atoms with van der Waals surface area (Å²) in [6, 6.07) is 0. The van der Waals surface area contributed by atoms with E-state index in [1.165, 1.54) is 6.20 Å². The summed E-state index contributed by atoms with van der Waals surface area (Å²) >= 11 is 0. The zero-order chi connectivity index (χ0) is 9.42. The van der Waals surface area contributed by atoms with Crippen LogP contribution in [0.15, 0.2) is 11.0 Å². The smallest absolute Gasteiger partial charge is 0.345 e. The van der Waals surface area contributed by atoms with Crippen LogP contribution < -0.4 is 5.69 Å². The van der Waals surface area contributed by atoms with Crippen molar-refractivity contribution in [3.05, 3.63) is 27.9 Å². The maximum absolute atomic E-state index is 10.8. The molecule has 5 nitrogen and oxygen atoms in total. The molecule has 1 unspecified atom stereocenters. The SMILES string of the molecule is O=C(O)C1Cc2cnc(=O)[nH]c2C1. The Labute approximate surface area is 73.4 Å². The van der Waals surface area contributed by atoms with Crippen molar-refractivity contribution >= 4 is 5.97 Å². The number of aromatic nitrogens is 2. The van der Waals surface area contributed by atoms with Crippen LogP contribution in [0.4, 0.5) is 0 Å². The van der Waals surface area contributed by atoms with E-state index in [-0.39, 0.29) is 0 Å². The van der Waals surface area contributed by atoms with Crippen LogP contribution in [0.5, 0.6) is 0 Å². The molecular weight excluding hydrogens is 172 g/mol. The summed E-state index contributed by atoms with van der Waals surface area (Å²) in [5.41, 5.74) is 1.14. The molecule has 0 spiro atoms. The number of aliphatic carboxylic acids is 1. The van der Waals surface area contributed by atoms with Gasteiger partial charge >= 0.3 is 11.7 Å². The number of hydrogen-bond donors (Lipinski definition) is 2.